The average Bonchev–Trinajstić information content (AvgIpc) is 2.92. The van der Waals surface area contributed by atoms with Crippen LogP contribution in [0.2, 0.25) is 0 Å². The van der Waals surface area contributed by atoms with E-state index in [4.69, 9.17) is 0 Å². The molecule has 106 valence electrons. The van der Waals surface area contributed by atoms with Crippen LogP contribution in [-0.4, -0.2) is 18.5 Å². The summed E-state index contributed by atoms with van der Waals surface area (Å²) in [5.74, 6) is -0.00752. The van der Waals surface area contributed by atoms with Gasteiger partial charge in [0.2, 0.25) is 5.91 Å². The highest BCUT2D eigenvalue weighted by atomic mass is 32.1. The maximum Gasteiger partial charge on any atom is 0.238 e. The van der Waals surface area contributed by atoms with Crippen molar-refractivity contribution in [3.8, 4) is 0 Å². The number of benzene rings is 1. The number of amides is 1. The van der Waals surface area contributed by atoms with E-state index in [9.17, 15) is 4.79 Å². The average molecular weight is 288 g/mol. The van der Waals surface area contributed by atoms with Crippen molar-refractivity contribution in [1.82, 2.24) is 5.32 Å². The van der Waals surface area contributed by atoms with Gasteiger partial charge in [-0.05, 0) is 43.8 Å². The molecule has 0 radical (unpaired) electrons. The Labute approximate surface area is 124 Å². The third-order valence-corrected chi connectivity index (χ3v) is 3.93. The number of thiophene rings is 1. The molecule has 1 amide bonds. The smallest absolute Gasteiger partial charge is 0.238 e. The fraction of sp³-hybridized carbons (Fsp3) is 0.312. The number of nitrogens with one attached hydrogen (secondary N) is 2. The molecule has 0 spiro atoms. The normalized spacial score (nSPS) is 12.1. The second kappa shape index (κ2) is 7.22. The Kier molecular flexibility index (Phi) is 5.32. The molecule has 1 heterocycles. The van der Waals surface area contributed by atoms with E-state index in [0.717, 1.165) is 12.1 Å². The minimum absolute atomic E-state index is 0.00752. The van der Waals surface area contributed by atoms with Crippen LogP contribution in [0.3, 0.4) is 0 Å². The third-order valence-electron chi connectivity index (χ3n) is 3.03. The molecule has 0 aliphatic heterocycles. The standard InChI is InChI=1S/C16H20N2OS/c1-12-5-7-14(8-6-12)18-16(19)11-17-13(2)10-15-4-3-9-20-15/h3-9,13,17H,10-11H2,1-2H3,(H,18,19). The highest BCUT2D eigenvalue weighted by Gasteiger charge is 2.07. The molecule has 1 atom stereocenters. The molecule has 0 bridgehead atoms. The molecule has 0 aliphatic carbocycles. The zero-order valence-electron chi connectivity index (χ0n) is 11.8. The molecule has 2 rings (SSSR count). The number of anilines is 1. The van der Waals surface area contributed by atoms with Gasteiger partial charge in [0.05, 0.1) is 6.54 Å². The molecule has 1 aromatic heterocycles. The van der Waals surface area contributed by atoms with Gasteiger partial charge >= 0.3 is 0 Å². The van der Waals surface area contributed by atoms with E-state index in [1.807, 2.05) is 31.2 Å². The lowest BCUT2D eigenvalue weighted by Crippen LogP contribution is -2.35. The Bertz CT molecular complexity index is 534. The molecule has 4 heteroatoms. The van der Waals surface area contributed by atoms with Gasteiger partial charge in [0.1, 0.15) is 0 Å². The van der Waals surface area contributed by atoms with E-state index in [0.29, 0.717) is 6.54 Å². The highest BCUT2D eigenvalue weighted by molar-refractivity contribution is 7.09. The fourth-order valence-electron chi connectivity index (χ4n) is 1.91. The molecular weight excluding hydrogens is 268 g/mol. The van der Waals surface area contributed by atoms with Crippen LogP contribution >= 0.6 is 11.3 Å². The summed E-state index contributed by atoms with van der Waals surface area (Å²) in [7, 11) is 0. The van der Waals surface area contributed by atoms with Crippen molar-refractivity contribution in [2.45, 2.75) is 26.3 Å². The van der Waals surface area contributed by atoms with Crippen LogP contribution < -0.4 is 10.6 Å². The lowest BCUT2D eigenvalue weighted by atomic mass is 10.2. The summed E-state index contributed by atoms with van der Waals surface area (Å²) in [6.45, 7) is 4.46. The molecule has 3 nitrogen and oxygen atoms in total. The van der Waals surface area contributed by atoms with Crippen LogP contribution in [0.4, 0.5) is 5.69 Å². The van der Waals surface area contributed by atoms with Crippen LogP contribution in [0, 0.1) is 6.92 Å². The van der Waals surface area contributed by atoms with Gasteiger partial charge in [0.15, 0.2) is 0 Å². The first-order chi connectivity index (χ1) is 9.63. The monoisotopic (exact) mass is 288 g/mol. The first kappa shape index (κ1) is 14.8. The van der Waals surface area contributed by atoms with E-state index in [1.165, 1.54) is 10.4 Å². The maximum absolute atomic E-state index is 11.8. The van der Waals surface area contributed by atoms with E-state index in [-0.39, 0.29) is 11.9 Å². The van der Waals surface area contributed by atoms with Gasteiger partial charge in [-0.3, -0.25) is 4.79 Å². The molecule has 1 unspecified atom stereocenters. The fourth-order valence-corrected chi connectivity index (χ4v) is 2.75. The van der Waals surface area contributed by atoms with Crippen LogP contribution in [0.25, 0.3) is 0 Å². The Morgan fingerprint density at radius 2 is 2.00 bits per heavy atom. The topological polar surface area (TPSA) is 41.1 Å². The summed E-state index contributed by atoms with van der Waals surface area (Å²) >= 11 is 1.75. The van der Waals surface area contributed by atoms with Crippen molar-refractivity contribution >= 4 is 22.9 Å². The number of carbonyl (C=O) groups excluding carboxylic acids is 1. The summed E-state index contributed by atoms with van der Waals surface area (Å²) in [4.78, 5) is 13.2. The second-order valence-electron chi connectivity index (χ2n) is 4.98. The van der Waals surface area contributed by atoms with Crippen LogP contribution in [0.15, 0.2) is 41.8 Å². The number of hydrogen-bond donors (Lipinski definition) is 2. The number of rotatable bonds is 6. The second-order valence-corrected chi connectivity index (χ2v) is 6.01. The Balaban J connectivity index is 1.73. The largest absolute Gasteiger partial charge is 0.325 e. The third kappa shape index (κ3) is 4.79. The van der Waals surface area contributed by atoms with Gasteiger partial charge in [0.25, 0.3) is 0 Å². The summed E-state index contributed by atoms with van der Waals surface area (Å²) < 4.78 is 0. The summed E-state index contributed by atoms with van der Waals surface area (Å²) in [6, 6.07) is 12.3. The molecule has 2 N–H and O–H groups in total. The predicted molar refractivity (Wildman–Crippen MR) is 85.3 cm³/mol. The molecule has 2 aromatic rings. The molecule has 0 saturated heterocycles. The molecular formula is C16H20N2OS. The van der Waals surface area contributed by atoms with E-state index < -0.39 is 0 Å². The summed E-state index contributed by atoms with van der Waals surface area (Å²) in [6.07, 6.45) is 0.954. The van der Waals surface area contributed by atoms with E-state index in [1.54, 1.807) is 11.3 Å². The lowest BCUT2D eigenvalue weighted by molar-refractivity contribution is -0.115. The first-order valence-corrected chi connectivity index (χ1v) is 7.64. The SMILES string of the molecule is Cc1ccc(NC(=O)CNC(C)Cc2cccs2)cc1. The van der Waals surface area contributed by atoms with Crippen molar-refractivity contribution in [2.75, 3.05) is 11.9 Å². The van der Waals surface area contributed by atoms with Crippen molar-refractivity contribution in [1.29, 1.82) is 0 Å². The quantitative estimate of drug-likeness (QED) is 0.857. The molecule has 1 aromatic carbocycles. The van der Waals surface area contributed by atoms with Gasteiger partial charge in [-0.15, -0.1) is 11.3 Å². The zero-order valence-corrected chi connectivity index (χ0v) is 12.7. The summed E-state index contributed by atoms with van der Waals surface area (Å²) in [5, 5.41) is 8.21. The summed E-state index contributed by atoms with van der Waals surface area (Å²) in [5.41, 5.74) is 2.03. The molecule has 0 aliphatic rings. The van der Waals surface area contributed by atoms with E-state index in [2.05, 4.69) is 35.1 Å². The van der Waals surface area contributed by atoms with Crippen LogP contribution in [0.5, 0.6) is 0 Å². The predicted octanol–water partition coefficient (Wildman–Crippen LogP) is 3.22. The maximum atomic E-state index is 11.8. The number of aryl methyl sites for hydroxylation is 1. The van der Waals surface area contributed by atoms with Crippen molar-refractivity contribution in [3.05, 3.63) is 52.2 Å². The van der Waals surface area contributed by atoms with Gasteiger partial charge < -0.3 is 10.6 Å². The van der Waals surface area contributed by atoms with Gasteiger partial charge in [-0.1, -0.05) is 23.8 Å². The molecule has 0 saturated carbocycles. The minimum Gasteiger partial charge on any atom is -0.325 e. The van der Waals surface area contributed by atoms with Crippen LogP contribution in [-0.2, 0) is 11.2 Å². The van der Waals surface area contributed by atoms with E-state index >= 15 is 0 Å². The Morgan fingerprint density at radius 1 is 1.25 bits per heavy atom. The zero-order chi connectivity index (χ0) is 14.4. The minimum atomic E-state index is -0.00752. The van der Waals surface area contributed by atoms with Crippen molar-refractivity contribution < 1.29 is 4.79 Å². The van der Waals surface area contributed by atoms with Gasteiger partial charge in [-0.25, -0.2) is 0 Å². The molecule has 20 heavy (non-hydrogen) atoms. The van der Waals surface area contributed by atoms with Gasteiger partial charge in [0, 0.05) is 16.6 Å². The lowest BCUT2D eigenvalue weighted by Gasteiger charge is -2.13. The van der Waals surface area contributed by atoms with Crippen molar-refractivity contribution in [2.24, 2.45) is 0 Å². The number of hydrogen-bond acceptors (Lipinski definition) is 3. The first-order valence-electron chi connectivity index (χ1n) is 6.76. The molecule has 0 fully saturated rings. The highest BCUT2D eigenvalue weighted by Crippen LogP contribution is 2.11. The Morgan fingerprint density at radius 3 is 2.65 bits per heavy atom. The van der Waals surface area contributed by atoms with Gasteiger partial charge in [-0.2, -0.15) is 0 Å². The Hall–Kier alpha value is -1.65. The van der Waals surface area contributed by atoms with Crippen LogP contribution in [0.1, 0.15) is 17.4 Å². The number of carbonyl (C=O) groups is 1. The van der Waals surface area contributed by atoms with Crippen molar-refractivity contribution in [3.63, 3.8) is 0 Å².